The molecule has 2 heterocycles. The molecule has 1 saturated heterocycles. The summed E-state index contributed by atoms with van der Waals surface area (Å²) in [4.78, 5) is 11.8. The third-order valence-electron chi connectivity index (χ3n) is 5.41. The van der Waals surface area contributed by atoms with Gasteiger partial charge in [0.15, 0.2) is 17.5 Å². The molecular weight excluding hydrogens is 390 g/mol. The molecule has 7 nitrogen and oxygen atoms in total. The lowest BCUT2D eigenvalue weighted by atomic mass is 9.99. The summed E-state index contributed by atoms with van der Waals surface area (Å²) in [5, 5.41) is 6.62. The minimum absolute atomic E-state index is 0.549. The maximum atomic E-state index is 5.59. The summed E-state index contributed by atoms with van der Waals surface area (Å²) in [7, 11) is 1.64. The van der Waals surface area contributed by atoms with Crippen molar-refractivity contribution < 1.29 is 9.47 Å². The van der Waals surface area contributed by atoms with E-state index in [1.807, 2.05) is 38.2 Å². The zero-order valence-corrected chi connectivity index (χ0v) is 19.1. The fraction of sp³-hybridized carbons (Fsp3) is 0.500. The summed E-state index contributed by atoms with van der Waals surface area (Å²) in [6.07, 6.45) is 4.41. The van der Waals surface area contributed by atoms with Crippen LogP contribution in [-0.2, 0) is 6.54 Å². The Morgan fingerprint density at radius 2 is 1.97 bits per heavy atom. The van der Waals surface area contributed by atoms with Crippen LogP contribution in [0.3, 0.4) is 0 Å². The first-order chi connectivity index (χ1) is 15.1. The number of pyridine rings is 1. The molecule has 0 saturated carbocycles. The van der Waals surface area contributed by atoms with Crippen molar-refractivity contribution in [2.75, 3.05) is 43.6 Å². The van der Waals surface area contributed by atoms with Crippen LogP contribution in [0, 0.1) is 5.92 Å². The van der Waals surface area contributed by atoms with Crippen LogP contribution >= 0.6 is 0 Å². The Kier molecular flexibility index (Phi) is 8.38. The molecule has 2 N–H and O–H groups in total. The first-order valence-electron chi connectivity index (χ1n) is 11.2. The monoisotopic (exact) mass is 425 g/mol. The highest BCUT2D eigenvalue weighted by atomic mass is 16.5. The van der Waals surface area contributed by atoms with Gasteiger partial charge in [0, 0.05) is 37.6 Å². The number of aliphatic imine (C=N–C) groups is 1. The average molecular weight is 426 g/mol. The Labute approximate surface area is 185 Å². The van der Waals surface area contributed by atoms with Crippen LogP contribution in [0.5, 0.6) is 11.5 Å². The van der Waals surface area contributed by atoms with Gasteiger partial charge in [-0.15, -0.1) is 0 Å². The van der Waals surface area contributed by atoms with E-state index in [9.17, 15) is 0 Å². The molecule has 0 amide bonds. The van der Waals surface area contributed by atoms with E-state index in [4.69, 9.17) is 14.5 Å². The molecule has 168 valence electrons. The second kappa shape index (κ2) is 11.4. The molecule has 0 bridgehead atoms. The second-order valence-electron chi connectivity index (χ2n) is 7.81. The maximum absolute atomic E-state index is 5.59. The number of anilines is 2. The molecule has 1 aliphatic rings. The predicted octanol–water partition coefficient (Wildman–Crippen LogP) is 4.30. The second-order valence-corrected chi connectivity index (χ2v) is 7.81. The SMILES string of the molecule is CCNC(=NCc1ccc(N2CCC(C)CC2)nc1)Nc1ccc(OCC)c(OC)c1. The summed E-state index contributed by atoms with van der Waals surface area (Å²) < 4.78 is 11.0. The van der Waals surface area contributed by atoms with E-state index in [0.717, 1.165) is 48.4 Å². The number of ether oxygens (including phenoxy) is 2. The highest BCUT2D eigenvalue weighted by molar-refractivity contribution is 5.93. The number of guanidine groups is 1. The molecule has 0 aliphatic carbocycles. The zero-order chi connectivity index (χ0) is 22.1. The van der Waals surface area contributed by atoms with Crippen molar-refractivity contribution in [2.24, 2.45) is 10.9 Å². The Balaban J connectivity index is 1.64. The molecular formula is C24H35N5O2. The van der Waals surface area contributed by atoms with E-state index in [2.05, 4.69) is 39.6 Å². The van der Waals surface area contributed by atoms with Gasteiger partial charge in [0.05, 0.1) is 20.3 Å². The van der Waals surface area contributed by atoms with Crippen LogP contribution in [0.4, 0.5) is 11.5 Å². The first kappa shape index (κ1) is 22.7. The number of nitrogens with one attached hydrogen (secondary N) is 2. The Hall–Kier alpha value is -2.96. The summed E-state index contributed by atoms with van der Waals surface area (Å²) in [5.74, 6) is 4.01. The van der Waals surface area contributed by atoms with Crippen molar-refractivity contribution >= 4 is 17.5 Å². The predicted molar refractivity (Wildman–Crippen MR) is 127 cm³/mol. The molecule has 7 heteroatoms. The van der Waals surface area contributed by atoms with Crippen molar-refractivity contribution in [1.82, 2.24) is 10.3 Å². The number of aromatic nitrogens is 1. The number of hydrogen-bond acceptors (Lipinski definition) is 5. The third kappa shape index (κ3) is 6.51. The van der Waals surface area contributed by atoms with Crippen LogP contribution in [-0.4, -0.2) is 44.3 Å². The number of benzene rings is 1. The van der Waals surface area contributed by atoms with Gasteiger partial charge in [-0.05, 0) is 56.4 Å². The van der Waals surface area contributed by atoms with Gasteiger partial charge in [-0.2, -0.15) is 0 Å². The largest absolute Gasteiger partial charge is 0.493 e. The number of nitrogens with zero attached hydrogens (tertiary/aromatic N) is 3. The van der Waals surface area contributed by atoms with Gasteiger partial charge < -0.3 is 25.0 Å². The van der Waals surface area contributed by atoms with Crippen LogP contribution in [0.1, 0.15) is 39.2 Å². The quantitative estimate of drug-likeness (QED) is 0.485. The minimum Gasteiger partial charge on any atom is -0.493 e. The van der Waals surface area contributed by atoms with E-state index in [-0.39, 0.29) is 0 Å². The number of rotatable bonds is 8. The first-order valence-corrected chi connectivity index (χ1v) is 11.2. The third-order valence-corrected chi connectivity index (χ3v) is 5.41. The van der Waals surface area contributed by atoms with Gasteiger partial charge in [0.1, 0.15) is 5.82 Å². The molecule has 1 aliphatic heterocycles. The summed E-state index contributed by atoms with van der Waals surface area (Å²) in [5.41, 5.74) is 1.96. The van der Waals surface area contributed by atoms with E-state index in [0.29, 0.717) is 24.9 Å². The Morgan fingerprint density at radius 3 is 2.61 bits per heavy atom. The summed E-state index contributed by atoms with van der Waals surface area (Å²) >= 11 is 0. The van der Waals surface area contributed by atoms with Crippen molar-refractivity contribution in [1.29, 1.82) is 0 Å². The molecule has 0 unspecified atom stereocenters. The normalized spacial score (nSPS) is 15.0. The lowest BCUT2D eigenvalue weighted by Gasteiger charge is -2.31. The van der Waals surface area contributed by atoms with Crippen LogP contribution in [0.2, 0.25) is 0 Å². The van der Waals surface area contributed by atoms with Gasteiger partial charge in [0.25, 0.3) is 0 Å². The standard InChI is InChI=1S/C24H35N5O2/c1-5-25-24(28-20-8-9-21(31-6-2)22(15-20)30-4)27-17-19-7-10-23(26-16-19)29-13-11-18(3)12-14-29/h7-10,15-16,18H,5-6,11-14,17H2,1-4H3,(H2,25,27,28). The van der Waals surface area contributed by atoms with Crippen LogP contribution < -0.4 is 25.0 Å². The molecule has 31 heavy (non-hydrogen) atoms. The van der Waals surface area contributed by atoms with Crippen LogP contribution in [0.15, 0.2) is 41.5 Å². The van der Waals surface area contributed by atoms with Gasteiger partial charge in [-0.3, -0.25) is 0 Å². The Morgan fingerprint density at radius 1 is 1.16 bits per heavy atom. The molecule has 1 fully saturated rings. The van der Waals surface area contributed by atoms with E-state index in [1.54, 1.807) is 7.11 Å². The molecule has 2 aromatic rings. The zero-order valence-electron chi connectivity index (χ0n) is 19.1. The van der Waals surface area contributed by atoms with Gasteiger partial charge in [-0.25, -0.2) is 9.98 Å². The molecule has 3 rings (SSSR count). The van der Waals surface area contributed by atoms with Crippen molar-refractivity contribution in [3.8, 4) is 11.5 Å². The average Bonchev–Trinajstić information content (AvgIpc) is 2.79. The topological polar surface area (TPSA) is 71.0 Å². The fourth-order valence-corrected chi connectivity index (χ4v) is 3.57. The lowest BCUT2D eigenvalue weighted by molar-refractivity contribution is 0.311. The van der Waals surface area contributed by atoms with Gasteiger partial charge in [0.2, 0.25) is 0 Å². The van der Waals surface area contributed by atoms with Crippen molar-refractivity contribution in [3.05, 3.63) is 42.1 Å². The summed E-state index contributed by atoms with van der Waals surface area (Å²) in [6.45, 7) is 10.4. The highest BCUT2D eigenvalue weighted by Gasteiger charge is 2.16. The van der Waals surface area contributed by atoms with Crippen molar-refractivity contribution in [3.63, 3.8) is 0 Å². The molecule has 0 spiro atoms. The number of piperidine rings is 1. The van der Waals surface area contributed by atoms with E-state index in [1.165, 1.54) is 12.8 Å². The van der Waals surface area contributed by atoms with E-state index < -0.39 is 0 Å². The maximum Gasteiger partial charge on any atom is 0.196 e. The van der Waals surface area contributed by atoms with Gasteiger partial charge in [-0.1, -0.05) is 13.0 Å². The highest BCUT2D eigenvalue weighted by Crippen LogP contribution is 2.30. The lowest BCUT2D eigenvalue weighted by Crippen LogP contribution is -2.33. The molecule has 0 radical (unpaired) electrons. The fourth-order valence-electron chi connectivity index (χ4n) is 3.57. The summed E-state index contributed by atoms with van der Waals surface area (Å²) in [6, 6.07) is 9.99. The van der Waals surface area contributed by atoms with E-state index >= 15 is 0 Å². The molecule has 1 aromatic carbocycles. The smallest absolute Gasteiger partial charge is 0.196 e. The van der Waals surface area contributed by atoms with Crippen LogP contribution in [0.25, 0.3) is 0 Å². The van der Waals surface area contributed by atoms with Gasteiger partial charge >= 0.3 is 0 Å². The number of methoxy groups -OCH3 is 1. The Bertz CT molecular complexity index is 846. The minimum atomic E-state index is 0.549. The molecule has 0 atom stereocenters. The number of hydrogen-bond donors (Lipinski definition) is 2. The molecule has 1 aromatic heterocycles. The van der Waals surface area contributed by atoms with Crippen molar-refractivity contribution in [2.45, 2.75) is 40.2 Å².